The van der Waals surface area contributed by atoms with Crippen molar-refractivity contribution in [1.82, 2.24) is 4.90 Å². The van der Waals surface area contributed by atoms with Gasteiger partial charge < -0.3 is 4.90 Å². The molecule has 14 heavy (non-hydrogen) atoms. The maximum Gasteiger partial charge on any atom is 0.454 e. The predicted octanol–water partition coefficient (Wildman–Crippen LogP) is 1.25. The lowest BCUT2D eigenvalue weighted by atomic mass is 10.1. The van der Waals surface area contributed by atoms with Crippen LogP contribution in [0.4, 0.5) is 13.2 Å². The highest BCUT2D eigenvalue weighted by Gasteiger charge is 2.41. The van der Waals surface area contributed by atoms with Crippen molar-refractivity contribution in [2.75, 3.05) is 6.54 Å². The van der Waals surface area contributed by atoms with Crippen LogP contribution in [0.5, 0.6) is 0 Å². The van der Waals surface area contributed by atoms with Crippen LogP contribution in [0.2, 0.25) is 0 Å². The van der Waals surface area contributed by atoms with Crippen molar-refractivity contribution >= 4 is 11.7 Å². The van der Waals surface area contributed by atoms with Crippen molar-refractivity contribution < 1.29 is 22.8 Å². The van der Waals surface area contributed by atoms with Crippen LogP contribution in [0.1, 0.15) is 13.3 Å². The molecule has 0 aromatic heterocycles. The largest absolute Gasteiger partial charge is 0.454 e. The fourth-order valence-electron chi connectivity index (χ4n) is 1.16. The summed E-state index contributed by atoms with van der Waals surface area (Å²) in [5.74, 6) is -2.23. The van der Waals surface area contributed by atoms with Gasteiger partial charge in [0.25, 0.3) is 5.78 Å². The molecule has 6 heteroatoms. The van der Waals surface area contributed by atoms with Crippen LogP contribution < -0.4 is 0 Å². The van der Waals surface area contributed by atoms with E-state index in [4.69, 9.17) is 0 Å². The van der Waals surface area contributed by atoms with Gasteiger partial charge in [-0.15, -0.1) is 0 Å². The van der Waals surface area contributed by atoms with Crippen molar-refractivity contribution in [1.29, 1.82) is 0 Å². The second kappa shape index (κ2) is 3.43. The van der Waals surface area contributed by atoms with Crippen LogP contribution in [0.15, 0.2) is 11.8 Å². The van der Waals surface area contributed by atoms with E-state index in [1.165, 1.54) is 6.92 Å². The molecule has 0 N–H and O–H groups in total. The third kappa shape index (κ3) is 2.12. The molecule has 0 bridgehead atoms. The normalized spacial score (nSPS) is 16.9. The minimum atomic E-state index is -4.85. The molecule has 0 saturated carbocycles. The Morgan fingerprint density at radius 2 is 2.00 bits per heavy atom. The molecule has 0 aliphatic carbocycles. The third-order valence-corrected chi connectivity index (χ3v) is 1.89. The van der Waals surface area contributed by atoms with Crippen LogP contribution in [-0.2, 0) is 9.59 Å². The second-order valence-electron chi connectivity index (χ2n) is 2.94. The number of halogens is 3. The van der Waals surface area contributed by atoms with E-state index in [0.29, 0.717) is 0 Å². The number of hydrogen-bond acceptors (Lipinski definition) is 2. The first-order valence-corrected chi connectivity index (χ1v) is 3.92. The van der Waals surface area contributed by atoms with E-state index in [1.807, 2.05) is 0 Å². The highest BCUT2D eigenvalue weighted by atomic mass is 19.4. The van der Waals surface area contributed by atoms with E-state index in [0.717, 1.165) is 11.1 Å². The smallest absolute Gasteiger partial charge is 0.319 e. The van der Waals surface area contributed by atoms with Gasteiger partial charge in [-0.3, -0.25) is 9.59 Å². The molecular weight excluding hydrogens is 199 g/mol. The molecular formula is C8H8F3NO2. The van der Waals surface area contributed by atoms with E-state index < -0.39 is 12.0 Å². The highest BCUT2D eigenvalue weighted by Crippen LogP contribution is 2.25. The highest BCUT2D eigenvalue weighted by molar-refractivity contribution is 6.00. The molecule has 0 atom stereocenters. The lowest BCUT2D eigenvalue weighted by molar-refractivity contribution is -0.166. The number of ketones is 1. The SMILES string of the molecule is CC(=O)N1C=C(C(=O)C(F)(F)F)CC1. The third-order valence-electron chi connectivity index (χ3n) is 1.89. The Kier molecular flexibility index (Phi) is 2.64. The quantitative estimate of drug-likeness (QED) is 0.649. The molecule has 0 aromatic rings. The Balaban J connectivity index is 2.78. The van der Waals surface area contributed by atoms with E-state index in [2.05, 4.69) is 0 Å². The van der Waals surface area contributed by atoms with Gasteiger partial charge in [-0.05, 0) is 6.42 Å². The van der Waals surface area contributed by atoms with Gasteiger partial charge in [0.05, 0.1) is 0 Å². The molecule has 1 aliphatic rings. The van der Waals surface area contributed by atoms with Gasteiger partial charge in [-0.25, -0.2) is 0 Å². The Morgan fingerprint density at radius 3 is 2.36 bits per heavy atom. The van der Waals surface area contributed by atoms with Gasteiger partial charge in [0.15, 0.2) is 0 Å². The lowest BCUT2D eigenvalue weighted by Gasteiger charge is -2.07. The zero-order valence-corrected chi connectivity index (χ0v) is 7.39. The first-order valence-electron chi connectivity index (χ1n) is 3.92. The van der Waals surface area contributed by atoms with Gasteiger partial charge >= 0.3 is 6.18 Å². The van der Waals surface area contributed by atoms with Gasteiger partial charge in [0.1, 0.15) is 0 Å². The minimum absolute atomic E-state index is 0.0298. The van der Waals surface area contributed by atoms with Crippen molar-refractivity contribution in [3.63, 3.8) is 0 Å². The van der Waals surface area contributed by atoms with Gasteiger partial charge in [-0.2, -0.15) is 13.2 Å². The van der Waals surface area contributed by atoms with Crippen LogP contribution in [0.25, 0.3) is 0 Å². The number of Topliss-reactive ketones (excluding diaryl/α,β-unsaturated/α-hetero) is 1. The summed E-state index contributed by atoms with van der Waals surface area (Å²) >= 11 is 0. The molecule has 1 rings (SSSR count). The van der Waals surface area contributed by atoms with Crippen LogP contribution >= 0.6 is 0 Å². The molecule has 1 aliphatic heterocycles. The standard InChI is InChI=1S/C8H8F3NO2/c1-5(13)12-3-2-6(4-12)7(14)8(9,10)11/h4H,2-3H2,1H3. The maximum atomic E-state index is 11.9. The lowest BCUT2D eigenvalue weighted by Crippen LogP contribution is -2.23. The Morgan fingerprint density at radius 1 is 1.43 bits per heavy atom. The zero-order valence-electron chi connectivity index (χ0n) is 7.39. The zero-order chi connectivity index (χ0) is 10.9. The summed E-state index contributed by atoms with van der Waals surface area (Å²) in [5.41, 5.74) is -0.354. The van der Waals surface area contributed by atoms with E-state index in [1.54, 1.807) is 0 Å². The number of amides is 1. The summed E-state index contributed by atoms with van der Waals surface area (Å²) in [5, 5.41) is 0. The molecule has 0 radical (unpaired) electrons. The summed E-state index contributed by atoms with van der Waals surface area (Å²) in [6, 6.07) is 0. The van der Waals surface area contributed by atoms with Crippen molar-refractivity contribution in [2.24, 2.45) is 0 Å². The average Bonchev–Trinajstić information content (AvgIpc) is 2.48. The Hall–Kier alpha value is -1.33. The number of carbonyl (C=O) groups is 2. The number of nitrogens with zero attached hydrogens (tertiary/aromatic N) is 1. The number of carbonyl (C=O) groups excluding carboxylic acids is 2. The molecule has 78 valence electrons. The Bertz CT molecular complexity index is 306. The van der Waals surface area contributed by atoms with Crippen molar-refractivity contribution in [3.05, 3.63) is 11.8 Å². The minimum Gasteiger partial charge on any atom is -0.319 e. The summed E-state index contributed by atoms with van der Waals surface area (Å²) in [4.78, 5) is 22.6. The molecule has 0 aromatic carbocycles. The van der Waals surface area contributed by atoms with E-state index in [-0.39, 0.29) is 24.4 Å². The van der Waals surface area contributed by atoms with Crippen LogP contribution in [0, 0.1) is 0 Å². The summed E-state index contributed by atoms with van der Waals surface area (Å²) in [6.07, 6.45) is -3.91. The molecule has 1 heterocycles. The fraction of sp³-hybridized carbons (Fsp3) is 0.500. The van der Waals surface area contributed by atoms with Crippen LogP contribution in [0.3, 0.4) is 0 Å². The topological polar surface area (TPSA) is 37.4 Å². The van der Waals surface area contributed by atoms with Gasteiger partial charge in [-0.1, -0.05) is 0 Å². The first kappa shape index (κ1) is 10.7. The fourth-order valence-corrected chi connectivity index (χ4v) is 1.16. The number of alkyl halides is 3. The number of rotatable bonds is 1. The summed E-state index contributed by atoms with van der Waals surface area (Å²) < 4.78 is 35.8. The second-order valence-corrected chi connectivity index (χ2v) is 2.94. The Labute approximate surface area is 78.2 Å². The molecule has 0 fully saturated rings. The molecule has 3 nitrogen and oxygen atoms in total. The van der Waals surface area contributed by atoms with Gasteiger partial charge in [0, 0.05) is 25.2 Å². The van der Waals surface area contributed by atoms with Crippen molar-refractivity contribution in [3.8, 4) is 0 Å². The number of hydrogen-bond donors (Lipinski definition) is 0. The maximum absolute atomic E-state index is 11.9. The molecule has 0 unspecified atom stereocenters. The first-order chi connectivity index (χ1) is 6.32. The molecule has 0 spiro atoms. The van der Waals surface area contributed by atoms with E-state index in [9.17, 15) is 22.8 Å². The van der Waals surface area contributed by atoms with Crippen LogP contribution in [-0.4, -0.2) is 29.3 Å². The monoisotopic (exact) mass is 207 g/mol. The van der Waals surface area contributed by atoms with E-state index >= 15 is 0 Å². The molecule has 0 saturated heterocycles. The van der Waals surface area contributed by atoms with Gasteiger partial charge in [0.2, 0.25) is 5.91 Å². The average molecular weight is 207 g/mol. The summed E-state index contributed by atoms with van der Waals surface area (Å²) in [7, 11) is 0. The van der Waals surface area contributed by atoms with Crippen molar-refractivity contribution in [2.45, 2.75) is 19.5 Å². The predicted molar refractivity (Wildman–Crippen MR) is 41.1 cm³/mol. The molecule has 1 amide bonds. The summed E-state index contributed by atoms with van der Waals surface area (Å²) in [6.45, 7) is 1.38.